The maximum absolute atomic E-state index is 13.5. The number of carbonyl (C=O) groups is 1. The molecule has 2 aromatic carbocycles. The fraction of sp³-hybridized carbons (Fsp3) is 0.400. The second-order valence-corrected chi connectivity index (χ2v) is 11.1. The first-order valence-electron chi connectivity index (χ1n) is 13.5. The first kappa shape index (κ1) is 25.9. The predicted molar refractivity (Wildman–Crippen MR) is 150 cm³/mol. The highest BCUT2D eigenvalue weighted by Gasteiger charge is 2.38. The van der Waals surface area contributed by atoms with Gasteiger partial charge in [0, 0.05) is 43.4 Å². The van der Waals surface area contributed by atoms with Crippen molar-refractivity contribution in [2.75, 3.05) is 31.2 Å². The molecule has 2 saturated heterocycles. The topological polar surface area (TPSA) is 137 Å². The first-order chi connectivity index (χ1) is 19.2. The van der Waals surface area contributed by atoms with Crippen LogP contribution in [0.5, 0.6) is 5.75 Å². The Bertz CT molecular complexity index is 1750. The standard InChI is InChI=1S/C30H31N5O5/c1-17-4-5-23-21(12-17)33-29(40-23)30(2)7-9-35(10-8-30)26-20-13-18(15-31)24(39-19-6-11-38-16-19)14-22(20)34(3)28(37)25(26)27(32)36/h4-5,12-14,19H,6-11,16H2,1-3H3,(H2,32,36)/t19-/m1/s1. The zero-order valence-corrected chi connectivity index (χ0v) is 22.8. The van der Waals surface area contributed by atoms with Gasteiger partial charge >= 0.3 is 0 Å². The lowest BCUT2D eigenvalue weighted by atomic mass is 9.80. The molecule has 2 aromatic heterocycles. The Hall–Kier alpha value is -4.36. The lowest BCUT2D eigenvalue weighted by Gasteiger charge is -2.39. The Kier molecular flexibility index (Phi) is 6.27. The molecular formula is C30H31N5O5. The highest BCUT2D eigenvalue weighted by Crippen LogP contribution is 2.40. The van der Waals surface area contributed by atoms with E-state index in [1.165, 1.54) is 4.57 Å². The van der Waals surface area contributed by atoms with Crippen LogP contribution in [0.25, 0.3) is 22.0 Å². The SMILES string of the molecule is Cc1ccc2oc(C3(C)CCN(c4c(C(N)=O)c(=O)n(C)c5cc(O[C@@H]6CCOC6)c(C#N)cc45)CC3)nc2c1. The van der Waals surface area contributed by atoms with Crippen molar-refractivity contribution in [3.63, 3.8) is 0 Å². The zero-order valence-electron chi connectivity index (χ0n) is 22.8. The summed E-state index contributed by atoms with van der Waals surface area (Å²) in [5, 5.41) is 10.6. The summed E-state index contributed by atoms with van der Waals surface area (Å²) in [7, 11) is 1.59. The molecular weight excluding hydrogens is 510 g/mol. The number of nitrogens with zero attached hydrogens (tertiary/aromatic N) is 4. The van der Waals surface area contributed by atoms with Gasteiger partial charge in [0.15, 0.2) is 5.58 Å². The first-order valence-corrected chi connectivity index (χ1v) is 13.5. The van der Waals surface area contributed by atoms with Gasteiger partial charge in [0.2, 0.25) is 5.89 Å². The van der Waals surface area contributed by atoms with Gasteiger partial charge in [-0.2, -0.15) is 5.26 Å². The van der Waals surface area contributed by atoms with Gasteiger partial charge in [-0.25, -0.2) is 4.98 Å². The van der Waals surface area contributed by atoms with Crippen LogP contribution in [0, 0.1) is 18.3 Å². The Labute approximate surface area is 230 Å². The smallest absolute Gasteiger partial charge is 0.265 e. The summed E-state index contributed by atoms with van der Waals surface area (Å²) >= 11 is 0. The molecule has 2 aliphatic rings. The van der Waals surface area contributed by atoms with Crippen molar-refractivity contribution in [1.82, 2.24) is 9.55 Å². The monoisotopic (exact) mass is 541 g/mol. The number of benzene rings is 2. The lowest BCUT2D eigenvalue weighted by molar-refractivity contribution is 0.0999. The number of hydrogen-bond acceptors (Lipinski definition) is 8. The fourth-order valence-corrected chi connectivity index (χ4v) is 5.80. The minimum atomic E-state index is -0.804. The highest BCUT2D eigenvalue weighted by atomic mass is 16.5. The molecule has 4 aromatic rings. The Morgan fingerprint density at radius 2 is 2.02 bits per heavy atom. The summed E-state index contributed by atoms with van der Waals surface area (Å²) in [5.41, 5.74) is 8.91. The Balaban J connectivity index is 1.41. The van der Waals surface area contributed by atoms with E-state index in [0.717, 1.165) is 23.1 Å². The summed E-state index contributed by atoms with van der Waals surface area (Å²) in [6.45, 7) is 6.27. The number of amides is 1. The number of aryl methyl sites for hydroxylation is 2. The van der Waals surface area contributed by atoms with Crippen LogP contribution < -0.4 is 20.9 Å². The van der Waals surface area contributed by atoms with Crippen LogP contribution in [0.2, 0.25) is 0 Å². The van der Waals surface area contributed by atoms with Gasteiger partial charge < -0.3 is 29.1 Å². The van der Waals surface area contributed by atoms with Crippen LogP contribution in [0.4, 0.5) is 5.69 Å². The number of ether oxygens (including phenoxy) is 2. The molecule has 40 heavy (non-hydrogen) atoms. The van der Waals surface area contributed by atoms with E-state index in [1.807, 2.05) is 30.0 Å². The molecule has 0 unspecified atom stereocenters. The minimum Gasteiger partial charge on any atom is -0.486 e. The quantitative estimate of drug-likeness (QED) is 0.404. The van der Waals surface area contributed by atoms with E-state index >= 15 is 0 Å². The Morgan fingerprint density at radius 1 is 1.25 bits per heavy atom. The van der Waals surface area contributed by atoms with Gasteiger partial charge in [0.1, 0.15) is 29.0 Å². The number of anilines is 1. The third kappa shape index (κ3) is 4.27. The molecule has 10 heteroatoms. The molecule has 0 aliphatic carbocycles. The van der Waals surface area contributed by atoms with Crippen molar-refractivity contribution in [3.05, 3.63) is 63.3 Å². The number of hydrogen-bond donors (Lipinski definition) is 1. The van der Waals surface area contributed by atoms with Crippen LogP contribution >= 0.6 is 0 Å². The van der Waals surface area contributed by atoms with Crippen LogP contribution in [-0.2, 0) is 17.2 Å². The van der Waals surface area contributed by atoms with Crippen molar-refractivity contribution < 1.29 is 18.7 Å². The van der Waals surface area contributed by atoms with E-state index in [2.05, 4.69) is 13.0 Å². The number of rotatable bonds is 5. The largest absolute Gasteiger partial charge is 0.486 e. The summed E-state index contributed by atoms with van der Waals surface area (Å²) < 4.78 is 19.0. The summed E-state index contributed by atoms with van der Waals surface area (Å²) in [6, 6.07) is 11.6. The third-order valence-corrected chi connectivity index (χ3v) is 8.26. The number of fused-ring (bicyclic) bond motifs is 2. The van der Waals surface area contributed by atoms with Crippen molar-refractivity contribution in [1.29, 1.82) is 5.26 Å². The average Bonchev–Trinajstić information content (AvgIpc) is 3.61. The van der Waals surface area contributed by atoms with Crippen LogP contribution in [-0.4, -0.2) is 47.9 Å². The van der Waals surface area contributed by atoms with E-state index in [4.69, 9.17) is 24.6 Å². The number of primary amides is 1. The van der Waals surface area contributed by atoms with E-state index in [0.29, 0.717) is 72.9 Å². The fourth-order valence-electron chi connectivity index (χ4n) is 5.80. The second kappa shape index (κ2) is 9.68. The molecule has 4 heterocycles. The highest BCUT2D eigenvalue weighted by molar-refractivity contribution is 6.07. The van der Waals surface area contributed by atoms with Gasteiger partial charge in [-0.15, -0.1) is 0 Å². The molecule has 0 saturated carbocycles. The number of oxazole rings is 1. The molecule has 206 valence electrons. The van der Waals surface area contributed by atoms with E-state index in [-0.39, 0.29) is 17.1 Å². The number of nitriles is 1. The van der Waals surface area contributed by atoms with E-state index < -0.39 is 11.5 Å². The van der Waals surface area contributed by atoms with Crippen molar-refractivity contribution in [3.8, 4) is 11.8 Å². The van der Waals surface area contributed by atoms with E-state index in [9.17, 15) is 14.9 Å². The maximum atomic E-state index is 13.5. The van der Waals surface area contributed by atoms with Crippen molar-refractivity contribution in [2.45, 2.75) is 44.6 Å². The number of aromatic nitrogens is 2. The number of pyridine rings is 1. The van der Waals surface area contributed by atoms with Crippen LogP contribution in [0.15, 0.2) is 39.5 Å². The van der Waals surface area contributed by atoms with Gasteiger partial charge in [-0.3, -0.25) is 9.59 Å². The zero-order chi connectivity index (χ0) is 28.2. The normalized spacial score (nSPS) is 18.8. The summed E-state index contributed by atoms with van der Waals surface area (Å²) in [6.07, 6.45) is 1.92. The number of carbonyl (C=O) groups excluding carboxylic acids is 1. The molecule has 1 amide bonds. The van der Waals surface area contributed by atoms with Gasteiger partial charge in [0.25, 0.3) is 11.5 Å². The van der Waals surface area contributed by atoms with Crippen LogP contribution in [0.1, 0.15) is 53.6 Å². The number of piperidine rings is 1. The van der Waals surface area contributed by atoms with Crippen molar-refractivity contribution >= 4 is 33.6 Å². The summed E-state index contributed by atoms with van der Waals surface area (Å²) in [4.78, 5) is 32.9. The maximum Gasteiger partial charge on any atom is 0.265 e. The second-order valence-electron chi connectivity index (χ2n) is 11.1. The van der Waals surface area contributed by atoms with Gasteiger partial charge in [0.05, 0.1) is 30.0 Å². The van der Waals surface area contributed by atoms with Crippen LogP contribution in [0.3, 0.4) is 0 Å². The predicted octanol–water partition coefficient (Wildman–Crippen LogP) is 3.68. The molecule has 0 bridgehead atoms. The Morgan fingerprint density at radius 3 is 2.70 bits per heavy atom. The van der Waals surface area contributed by atoms with E-state index in [1.54, 1.807) is 19.2 Å². The lowest BCUT2D eigenvalue weighted by Crippen LogP contribution is -2.43. The summed E-state index contributed by atoms with van der Waals surface area (Å²) in [5.74, 6) is 0.263. The van der Waals surface area contributed by atoms with Gasteiger partial charge in [-0.1, -0.05) is 13.0 Å². The molecule has 0 spiro atoms. The third-order valence-electron chi connectivity index (χ3n) is 8.26. The number of nitrogens with two attached hydrogens (primary N) is 1. The minimum absolute atomic E-state index is 0.0855. The molecule has 1 atom stereocenters. The molecule has 10 nitrogen and oxygen atoms in total. The van der Waals surface area contributed by atoms with Crippen molar-refractivity contribution in [2.24, 2.45) is 12.8 Å². The average molecular weight is 542 g/mol. The molecule has 2 N–H and O–H groups in total. The molecule has 2 aliphatic heterocycles. The molecule has 2 fully saturated rings. The molecule has 6 rings (SSSR count). The van der Waals surface area contributed by atoms with Gasteiger partial charge in [-0.05, 0) is 43.5 Å². The molecule has 0 radical (unpaired) electrons.